The minimum Gasteiger partial charge on any atom is -0.518 e. The van der Waals surface area contributed by atoms with Gasteiger partial charge in [-0.25, -0.2) is 0 Å². The van der Waals surface area contributed by atoms with Gasteiger partial charge in [-0.2, -0.15) is 0 Å². The lowest BCUT2D eigenvalue weighted by Gasteiger charge is -2.10. The summed E-state index contributed by atoms with van der Waals surface area (Å²) >= 11 is 0. The van der Waals surface area contributed by atoms with E-state index in [1.165, 1.54) is 0 Å². The summed E-state index contributed by atoms with van der Waals surface area (Å²) in [6, 6.07) is -0.598. The maximum absolute atomic E-state index is 11.1. The fourth-order valence-corrected chi connectivity index (χ4v) is 1.56. The van der Waals surface area contributed by atoms with Gasteiger partial charge in [0.25, 0.3) is 9.76 Å². The van der Waals surface area contributed by atoms with E-state index in [9.17, 15) is 9.59 Å². The summed E-state index contributed by atoms with van der Waals surface area (Å²) in [5.74, 6) is -2.26. The zero-order chi connectivity index (χ0) is 9.84. The first-order valence-electron chi connectivity index (χ1n) is 3.91. The first kappa shape index (κ1) is 10.2. The Morgan fingerprint density at radius 3 is 2.85 bits per heavy atom. The Balaban J connectivity index is 2.27. The van der Waals surface area contributed by atoms with Crippen molar-refractivity contribution >= 4 is 21.6 Å². The lowest BCUT2D eigenvalue weighted by atomic mass is 10.2. The van der Waals surface area contributed by atoms with Crippen LogP contribution in [-0.4, -0.2) is 43.8 Å². The maximum Gasteiger partial charge on any atom is 0.315 e. The Morgan fingerprint density at radius 2 is 2.38 bits per heavy atom. The van der Waals surface area contributed by atoms with Crippen molar-refractivity contribution in [2.75, 3.05) is 0 Å². The number of carbonyl (C=O) groups excluding carboxylic acids is 2. The number of amides is 1. The summed E-state index contributed by atoms with van der Waals surface area (Å²) in [6.07, 6.45) is 0.747. The SMILES string of the molecule is O=C1CCC(C(=O)O[SiH2]C(O)O)N1. The molecule has 1 saturated heterocycles. The van der Waals surface area contributed by atoms with E-state index in [1.54, 1.807) is 0 Å². The Kier molecular flexibility index (Phi) is 3.40. The molecule has 1 amide bonds. The highest BCUT2D eigenvalue weighted by Crippen LogP contribution is 2.07. The lowest BCUT2D eigenvalue weighted by molar-refractivity contribution is -0.138. The van der Waals surface area contributed by atoms with Gasteiger partial charge in [0, 0.05) is 6.42 Å². The molecule has 1 rings (SSSR count). The number of carbonyl (C=O) groups is 2. The molecule has 1 unspecified atom stereocenters. The van der Waals surface area contributed by atoms with Crippen molar-refractivity contribution in [1.29, 1.82) is 0 Å². The molecule has 74 valence electrons. The Labute approximate surface area is 76.8 Å². The van der Waals surface area contributed by atoms with Crippen LogP contribution in [0.3, 0.4) is 0 Å². The molecular formula is C6H11NO5Si. The zero-order valence-corrected chi connectivity index (χ0v) is 8.31. The summed E-state index contributed by atoms with van der Waals surface area (Å²) in [4.78, 5) is 21.8. The molecule has 1 aliphatic heterocycles. The molecule has 0 aliphatic carbocycles. The Bertz CT molecular complexity index is 219. The smallest absolute Gasteiger partial charge is 0.315 e. The fourth-order valence-electron chi connectivity index (χ4n) is 1.05. The Hall–Kier alpha value is -0.923. The molecule has 0 radical (unpaired) electrons. The molecule has 0 saturated carbocycles. The fraction of sp³-hybridized carbons (Fsp3) is 0.667. The normalized spacial score (nSPS) is 22.7. The van der Waals surface area contributed by atoms with Crippen molar-refractivity contribution in [3.05, 3.63) is 0 Å². The van der Waals surface area contributed by atoms with E-state index in [2.05, 4.69) is 9.74 Å². The van der Waals surface area contributed by atoms with Crippen LogP contribution in [0.5, 0.6) is 0 Å². The van der Waals surface area contributed by atoms with Gasteiger partial charge in [-0.1, -0.05) is 0 Å². The molecule has 0 aromatic carbocycles. The van der Waals surface area contributed by atoms with Crippen LogP contribution >= 0.6 is 0 Å². The van der Waals surface area contributed by atoms with Gasteiger partial charge < -0.3 is 20.0 Å². The number of aliphatic hydroxyl groups is 2. The lowest BCUT2D eigenvalue weighted by Crippen LogP contribution is -2.36. The molecule has 0 spiro atoms. The van der Waals surface area contributed by atoms with Gasteiger partial charge in [-0.15, -0.1) is 0 Å². The predicted molar refractivity (Wildman–Crippen MR) is 44.0 cm³/mol. The molecule has 1 atom stereocenters. The van der Waals surface area contributed by atoms with E-state index in [4.69, 9.17) is 10.2 Å². The second-order valence-electron chi connectivity index (χ2n) is 2.77. The maximum atomic E-state index is 11.1. The molecule has 1 fully saturated rings. The average molecular weight is 205 g/mol. The van der Waals surface area contributed by atoms with Crippen molar-refractivity contribution in [3.63, 3.8) is 0 Å². The molecule has 13 heavy (non-hydrogen) atoms. The minimum absolute atomic E-state index is 0.173. The summed E-state index contributed by atoms with van der Waals surface area (Å²) in [7, 11) is -1.64. The van der Waals surface area contributed by atoms with Gasteiger partial charge >= 0.3 is 5.97 Å². The monoisotopic (exact) mass is 205 g/mol. The van der Waals surface area contributed by atoms with Gasteiger partial charge in [0.2, 0.25) is 5.91 Å². The van der Waals surface area contributed by atoms with Crippen molar-refractivity contribution in [2.45, 2.75) is 24.8 Å². The second-order valence-corrected chi connectivity index (χ2v) is 4.12. The van der Waals surface area contributed by atoms with E-state index in [0.29, 0.717) is 12.8 Å². The minimum atomic E-state index is -1.64. The van der Waals surface area contributed by atoms with Crippen molar-refractivity contribution in [2.24, 2.45) is 0 Å². The molecule has 3 N–H and O–H groups in total. The molecule has 0 bridgehead atoms. The van der Waals surface area contributed by atoms with Gasteiger partial charge in [0.15, 0.2) is 5.91 Å². The Morgan fingerprint density at radius 1 is 1.69 bits per heavy atom. The molecule has 6 nitrogen and oxygen atoms in total. The van der Waals surface area contributed by atoms with Crippen molar-refractivity contribution in [1.82, 2.24) is 5.32 Å². The van der Waals surface area contributed by atoms with Crippen LogP contribution in [0, 0.1) is 0 Å². The summed E-state index contributed by atoms with van der Waals surface area (Å²) in [5.41, 5.74) is 0. The first-order chi connectivity index (χ1) is 6.09. The molecule has 1 aliphatic rings. The summed E-state index contributed by atoms with van der Waals surface area (Å²) in [6.45, 7) is 0. The molecule has 0 aromatic heterocycles. The zero-order valence-electron chi connectivity index (χ0n) is 6.90. The molecule has 7 heteroatoms. The van der Waals surface area contributed by atoms with Gasteiger partial charge in [-0.3, -0.25) is 9.59 Å². The molecular weight excluding hydrogens is 194 g/mol. The van der Waals surface area contributed by atoms with Crippen molar-refractivity contribution < 1.29 is 24.2 Å². The third kappa shape index (κ3) is 3.13. The number of aliphatic hydroxyl groups excluding tert-OH is 1. The topological polar surface area (TPSA) is 95.9 Å². The second kappa shape index (κ2) is 4.35. The van der Waals surface area contributed by atoms with Crippen molar-refractivity contribution in [3.8, 4) is 0 Å². The summed E-state index contributed by atoms with van der Waals surface area (Å²) < 4.78 is 4.62. The third-order valence-corrected chi connectivity index (χ3v) is 2.40. The number of hydrogen-bond acceptors (Lipinski definition) is 5. The van der Waals surface area contributed by atoms with Crippen LogP contribution in [0.4, 0.5) is 0 Å². The molecule has 1 heterocycles. The van der Waals surface area contributed by atoms with Gasteiger partial charge in [0.1, 0.15) is 6.04 Å². The van der Waals surface area contributed by atoms with Crippen LogP contribution < -0.4 is 5.32 Å². The quantitative estimate of drug-likeness (QED) is 0.341. The third-order valence-electron chi connectivity index (χ3n) is 1.65. The first-order valence-corrected chi connectivity index (χ1v) is 5.31. The molecule has 0 aromatic rings. The van der Waals surface area contributed by atoms with Crippen LogP contribution in [0.1, 0.15) is 12.8 Å². The van der Waals surface area contributed by atoms with E-state index in [0.717, 1.165) is 0 Å². The highest BCUT2D eigenvalue weighted by Gasteiger charge is 2.28. The largest absolute Gasteiger partial charge is 0.518 e. The number of hydrogen-bond donors (Lipinski definition) is 3. The average Bonchev–Trinajstić information content (AvgIpc) is 2.47. The van der Waals surface area contributed by atoms with E-state index >= 15 is 0 Å². The van der Waals surface area contributed by atoms with E-state index in [-0.39, 0.29) is 5.91 Å². The highest BCUT2D eigenvalue weighted by molar-refractivity contribution is 6.31. The highest BCUT2D eigenvalue weighted by atomic mass is 28.2. The van der Waals surface area contributed by atoms with Gasteiger partial charge in [-0.05, 0) is 6.42 Å². The van der Waals surface area contributed by atoms with Crippen LogP contribution in [-0.2, 0) is 14.0 Å². The van der Waals surface area contributed by atoms with Crippen LogP contribution in [0.25, 0.3) is 0 Å². The number of rotatable bonds is 3. The summed E-state index contributed by atoms with van der Waals surface area (Å²) in [5, 5.41) is 19.3. The standard InChI is InChI=1S/C6H11NO5Si/c8-4-2-1-3(7-4)5(9)12-13-6(10)11/h3,6,10-11H,1-2,13H2,(H,7,8). The predicted octanol–water partition coefficient (Wildman–Crippen LogP) is -2.84. The number of nitrogens with one attached hydrogen (secondary N) is 1. The van der Waals surface area contributed by atoms with E-state index in [1.807, 2.05) is 0 Å². The van der Waals surface area contributed by atoms with E-state index < -0.39 is 27.7 Å². The van der Waals surface area contributed by atoms with Gasteiger partial charge in [0.05, 0.1) is 0 Å². The van der Waals surface area contributed by atoms with Crippen LogP contribution in [0.2, 0.25) is 0 Å². The van der Waals surface area contributed by atoms with Crippen LogP contribution in [0.15, 0.2) is 0 Å².